The number of carbonyl (C=O) groups is 2. The number of amides is 2. The number of nitrogens with one attached hydrogen (secondary N) is 1. The Morgan fingerprint density at radius 2 is 1.90 bits per heavy atom. The molecule has 11 nitrogen and oxygen atoms in total. The first-order valence-electron chi connectivity index (χ1n) is 9.70. The normalized spacial score (nSPS) is 14.9. The molecule has 1 aliphatic heterocycles. The zero-order valence-electron chi connectivity index (χ0n) is 17.5. The number of nitrogens with two attached hydrogens (primary N) is 1. The van der Waals surface area contributed by atoms with Gasteiger partial charge in [0.25, 0.3) is 0 Å². The Labute approximate surface area is 178 Å². The van der Waals surface area contributed by atoms with Crippen molar-refractivity contribution in [3.63, 3.8) is 0 Å². The van der Waals surface area contributed by atoms with Crippen LogP contribution in [0.4, 0.5) is 15.3 Å². The molecule has 1 aromatic carbocycles. The van der Waals surface area contributed by atoms with Gasteiger partial charge in [-0.1, -0.05) is 0 Å². The number of benzene rings is 1. The molecule has 0 saturated carbocycles. The van der Waals surface area contributed by atoms with Gasteiger partial charge in [-0.3, -0.25) is 0 Å². The third-order valence-electron chi connectivity index (χ3n) is 4.43. The lowest BCUT2D eigenvalue weighted by Gasteiger charge is -2.35. The summed E-state index contributed by atoms with van der Waals surface area (Å²) in [7, 11) is 1.57. The molecule has 0 fully saturated rings. The van der Waals surface area contributed by atoms with Crippen molar-refractivity contribution >= 4 is 23.7 Å². The molecule has 3 rings (SSSR count). The predicted molar refractivity (Wildman–Crippen MR) is 110 cm³/mol. The first-order valence-corrected chi connectivity index (χ1v) is 9.70. The first-order chi connectivity index (χ1) is 15.0. The molecular weight excluding hydrogens is 406 g/mol. The van der Waals surface area contributed by atoms with Gasteiger partial charge in [0.2, 0.25) is 5.55 Å². The number of fused-ring (bicyclic) bond motifs is 1. The summed E-state index contributed by atoms with van der Waals surface area (Å²) in [6.07, 6.45) is -0.795. The molecule has 11 heteroatoms. The molecule has 31 heavy (non-hydrogen) atoms. The number of rotatable bonds is 6. The van der Waals surface area contributed by atoms with Crippen molar-refractivity contribution in [2.45, 2.75) is 20.0 Å². The largest absolute Gasteiger partial charge is 0.497 e. The Morgan fingerprint density at radius 1 is 1.19 bits per heavy atom. The number of furan rings is 1. The van der Waals surface area contributed by atoms with Crippen LogP contribution in [0.15, 0.2) is 46.0 Å². The Kier molecular flexibility index (Phi) is 6.85. The van der Waals surface area contributed by atoms with Gasteiger partial charge in [-0.25, -0.2) is 25.0 Å². The number of hydrogen-bond acceptors (Lipinski definition) is 9. The van der Waals surface area contributed by atoms with Crippen molar-refractivity contribution in [3.8, 4) is 5.75 Å². The summed E-state index contributed by atoms with van der Waals surface area (Å²) in [6, 6.07) is 8.90. The van der Waals surface area contributed by atoms with Gasteiger partial charge in [0.15, 0.2) is 6.17 Å². The molecule has 1 atom stereocenters. The van der Waals surface area contributed by atoms with E-state index in [2.05, 4.69) is 10.4 Å². The van der Waals surface area contributed by atoms with E-state index in [0.29, 0.717) is 28.0 Å². The molecule has 0 bridgehead atoms. The Balaban J connectivity index is 1.97. The predicted octanol–water partition coefficient (Wildman–Crippen LogP) is 0.898. The van der Waals surface area contributed by atoms with E-state index in [9.17, 15) is 9.59 Å². The minimum absolute atomic E-state index is 0.0927. The fourth-order valence-corrected chi connectivity index (χ4v) is 3.06. The van der Waals surface area contributed by atoms with Gasteiger partial charge in [0, 0.05) is 5.69 Å². The van der Waals surface area contributed by atoms with Crippen LogP contribution in [0.3, 0.4) is 0 Å². The van der Waals surface area contributed by atoms with Crippen molar-refractivity contribution in [3.05, 3.63) is 47.4 Å². The summed E-state index contributed by atoms with van der Waals surface area (Å²) in [5.41, 5.74) is 9.85. The maximum Gasteiger partial charge on any atom is 0.428 e. The fourth-order valence-electron chi connectivity index (χ4n) is 3.06. The van der Waals surface area contributed by atoms with Crippen LogP contribution in [-0.2, 0) is 9.47 Å². The van der Waals surface area contributed by atoms with Crippen LogP contribution < -0.4 is 31.6 Å². The van der Waals surface area contributed by atoms with E-state index in [1.807, 2.05) is 12.1 Å². The van der Waals surface area contributed by atoms with E-state index in [1.165, 1.54) is 6.26 Å². The zero-order chi connectivity index (χ0) is 22.4. The Bertz CT molecular complexity index is 1040. The van der Waals surface area contributed by atoms with Crippen molar-refractivity contribution < 1.29 is 28.2 Å². The lowest BCUT2D eigenvalue weighted by Crippen LogP contribution is -2.56. The molecule has 2 aromatic rings. The Morgan fingerprint density at radius 3 is 2.55 bits per heavy atom. The molecule has 1 unspecified atom stereocenters. The van der Waals surface area contributed by atoms with Crippen molar-refractivity contribution in [2.24, 2.45) is 10.7 Å². The number of carbonyl (C=O) groups excluding carboxylic acids is 2. The monoisotopic (exact) mass is 431 g/mol. The fraction of sp³-hybridized carbons (Fsp3) is 0.350. The lowest BCUT2D eigenvalue weighted by atomic mass is 10.2. The molecule has 2 heterocycles. The topological polar surface area (TPSA) is 132 Å². The minimum Gasteiger partial charge on any atom is -0.497 e. The molecule has 1 aromatic heterocycles. The van der Waals surface area contributed by atoms with Gasteiger partial charge >= 0.3 is 12.2 Å². The highest BCUT2D eigenvalue weighted by Gasteiger charge is 2.31. The molecule has 1 aliphatic rings. The van der Waals surface area contributed by atoms with Gasteiger partial charge in [-0.05, 0) is 44.2 Å². The van der Waals surface area contributed by atoms with Gasteiger partial charge in [-0.2, -0.15) is 0 Å². The average Bonchev–Trinajstić information content (AvgIpc) is 3.23. The summed E-state index contributed by atoms with van der Waals surface area (Å²) in [4.78, 5) is 30.7. The van der Waals surface area contributed by atoms with Crippen LogP contribution in [-0.4, -0.2) is 50.2 Å². The molecule has 2 amide bonds. The van der Waals surface area contributed by atoms with Crippen molar-refractivity contribution in [1.29, 1.82) is 0 Å². The summed E-state index contributed by atoms with van der Waals surface area (Å²) in [5.74, 6) is 1.06. The Hall–Kier alpha value is -3.89. The molecular formula is C20H25N5O6. The second-order valence-electron chi connectivity index (χ2n) is 6.34. The number of hydrogen-bond donors (Lipinski definition) is 2. The number of anilines is 1. The van der Waals surface area contributed by atoms with Crippen LogP contribution in [0.1, 0.15) is 13.8 Å². The summed E-state index contributed by atoms with van der Waals surface area (Å²) in [5, 5.41) is 1.61. The molecule has 0 aliphatic carbocycles. The molecule has 166 valence electrons. The van der Waals surface area contributed by atoms with E-state index in [-0.39, 0.29) is 19.8 Å². The number of hydrazine groups is 1. The second kappa shape index (κ2) is 9.74. The molecule has 3 N–H and O–H groups in total. The highest BCUT2D eigenvalue weighted by Crippen LogP contribution is 2.25. The lowest BCUT2D eigenvalue weighted by molar-refractivity contribution is 0.0717. The quantitative estimate of drug-likeness (QED) is 0.645. The highest BCUT2D eigenvalue weighted by atomic mass is 16.6. The van der Waals surface area contributed by atoms with Crippen LogP contribution in [0, 0.1) is 0 Å². The van der Waals surface area contributed by atoms with Crippen LogP contribution >= 0.6 is 0 Å². The van der Waals surface area contributed by atoms with Crippen LogP contribution in [0.5, 0.6) is 5.75 Å². The van der Waals surface area contributed by atoms with E-state index < -0.39 is 18.4 Å². The van der Waals surface area contributed by atoms with Gasteiger partial charge in [0.05, 0.1) is 38.4 Å². The number of nitrogens with zero attached hydrogens (tertiary/aromatic N) is 3. The van der Waals surface area contributed by atoms with Crippen LogP contribution in [0.25, 0.3) is 5.82 Å². The second-order valence-corrected chi connectivity index (χ2v) is 6.34. The summed E-state index contributed by atoms with van der Waals surface area (Å²) in [6.45, 7) is 3.50. The number of methoxy groups -OCH3 is 1. The van der Waals surface area contributed by atoms with E-state index in [1.54, 1.807) is 44.1 Å². The SMILES string of the molecule is CCOC(=O)NN(CC1N=c2occc2=C(N)N1c1ccc(OC)cc1)C(=O)OCC. The number of ether oxygens (including phenoxy) is 3. The van der Waals surface area contributed by atoms with Gasteiger partial charge in [0.1, 0.15) is 11.6 Å². The van der Waals surface area contributed by atoms with Crippen LogP contribution in [0.2, 0.25) is 0 Å². The van der Waals surface area contributed by atoms with E-state index in [0.717, 1.165) is 5.01 Å². The molecule has 0 radical (unpaired) electrons. The van der Waals surface area contributed by atoms with Crippen molar-refractivity contribution in [1.82, 2.24) is 10.4 Å². The smallest absolute Gasteiger partial charge is 0.428 e. The first kappa shape index (κ1) is 21.8. The molecule has 0 saturated heterocycles. The molecule has 0 spiro atoms. The van der Waals surface area contributed by atoms with E-state index >= 15 is 0 Å². The maximum atomic E-state index is 12.5. The zero-order valence-corrected chi connectivity index (χ0v) is 17.5. The minimum atomic E-state index is -0.794. The average molecular weight is 431 g/mol. The van der Waals surface area contributed by atoms with Crippen molar-refractivity contribution in [2.75, 3.05) is 31.8 Å². The highest BCUT2D eigenvalue weighted by molar-refractivity contribution is 5.74. The maximum absolute atomic E-state index is 12.5. The summed E-state index contributed by atoms with van der Waals surface area (Å²) < 4.78 is 20.6. The third kappa shape index (κ3) is 4.82. The standard InChI is InChI=1S/C20H25N5O6/c1-4-29-19(26)23-24(20(27)30-5-2)12-16-22-18-15(10-11-31-18)17(21)25(16)13-6-8-14(28-3)9-7-13/h6-11,16H,4-5,12,21H2,1-3H3,(H,23,26). The van der Waals surface area contributed by atoms with Gasteiger partial charge in [-0.15, -0.1) is 0 Å². The third-order valence-corrected chi connectivity index (χ3v) is 4.43. The summed E-state index contributed by atoms with van der Waals surface area (Å²) >= 11 is 0. The van der Waals surface area contributed by atoms with E-state index in [4.69, 9.17) is 24.4 Å². The van der Waals surface area contributed by atoms with Gasteiger partial charge < -0.3 is 29.3 Å².